The van der Waals surface area contributed by atoms with Crippen molar-refractivity contribution in [1.29, 1.82) is 0 Å². The molecule has 0 atom stereocenters. The van der Waals surface area contributed by atoms with E-state index in [2.05, 4.69) is 10.6 Å². The molecule has 1 aliphatic carbocycles. The first kappa shape index (κ1) is 9.86. The Labute approximate surface area is 71.7 Å². The van der Waals surface area contributed by atoms with Crippen LogP contribution in [0.25, 0.3) is 0 Å². The molecule has 0 aliphatic heterocycles. The maximum Gasteiger partial charge on any atom is 0.250 e. The lowest BCUT2D eigenvalue weighted by Gasteiger charge is -2.04. The molecule has 0 heterocycles. The largest absolute Gasteiger partial charge is 0.315 e. The van der Waals surface area contributed by atoms with Crippen LogP contribution in [-0.2, 0) is 0 Å². The van der Waals surface area contributed by atoms with E-state index in [-0.39, 0.29) is 6.54 Å². The fourth-order valence-corrected chi connectivity index (χ4v) is 1.02. The molecule has 12 heavy (non-hydrogen) atoms. The molecule has 1 saturated carbocycles. The Hall–Kier alpha value is -0.220. The van der Waals surface area contributed by atoms with E-state index in [0.29, 0.717) is 6.54 Å². The topological polar surface area (TPSA) is 24.1 Å². The second kappa shape index (κ2) is 5.43. The van der Waals surface area contributed by atoms with Crippen molar-refractivity contribution in [1.82, 2.24) is 10.6 Å². The summed E-state index contributed by atoms with van der Waals surface area (Å²) in [6.45, 7) is 2.29. The van der Waals surface area contributed by atoms with Crippen molar-refractivity contribution in [3.8, 4) is 0 Å². The zero-order valence-corrected chi connectivity index (χ0v) is 7.15. The van der Waals surface area contributed by atoms with Crippen LogP contribution in [0, 0.1) is 5.92 Å². The van der Waals surface area contributed by atoms with Crippen molar-refractivity contribution in [3.63, 3.8) is 0 Å². The van der Waals surface area contributed by atoms with E-state index >= 15 is 0 Å². The molecule has 0 bridgehead atoms. The van der Waals surface area contributed by atoms with Gasteiger partial charge in [-0.2, -0.15) is 0 Å². The molecule has 4 heteroatoms. The second-order valence-corrected chi connectivity index (χ2v) is 3.24. The van der Waals surface area contributed by atoms with Gasteiger partial charge in [-0.3, -0.25) is 0 Å². The molecule has 2 N–H and O–H groups in total. The first-order chi connectivity index (χ1) is 5.79. The highest BCUT2D eigenvalue weighted by Gasteiger charge is 2.19. The molecule has 0 saturated heterocycles. The van der Waals surface area contributed by atoms with Gasteiger partial charge < -0.3 is 10.6 Å². The Balaban J connectivity index is 1.70. The van der Waals surface area contributed by atoms with Crippen LogP contribution in [0.4, 0.5) is 8.78 Å². The predicted molar refractivity (Wildman–Crippen MR) is 44.5 cm³/mol. The summed E-state index contributed by atoms with van der Waals surface area (Å²) in [5.74, 6) is 0.861. The number of halogens is 2. The van der Waals surface area contributed by atoms with Crippen LogP contribution >= 0.6 is 0 Å². The van der Waals surface area contributed by atoms with E-state index in [0.717, 1.165) is 19.0 Å². The Morgan fingerprint density at radius 3 is 2.42 bits per heavy atom. The molecule has 1 rings (SSSR count). The van der Waals surface area contributed by atoms with Crippen LogP contribution < -0.4 is 10.6 Å². The second-order valence-electron chi connectivity index (χ2n) is 3.24. The zero-order valence-electron chi connectivity index (χ0n) is 7.15. The molecule has 1 fully saturated rings. The van der Waals surface area contributed by atoms with Gasteiger partial charge in [-0.05, 0) is 25.3 Å². The standard InChI is InChI=1S/C8H16F2N2/c9-8(10)6-12-4-3-11-5-7-1-2-7/h7-8,11-12H,1-6H2. The Bertz CT molecular complexity index is 110. The third kappa shape index (κ3) is 5.43. The SMILES string of the molecule is FC(F)CNCCNCC1CC1. The van der Waals surface area contributed by atoms with E-state index in [1.807, 2.05) is 0 Å². The molecule has 0 aromatic carbocycles. The van der Waals surface area contributed by atoms with Gasteiger partial charge in [-0.15, -0.1) is 0 Å². The molecular formula is C8H16F2N2. The predicted octanol–water partition coefficient (Wildman–Crippen LogP) is 0.841. The maximum atomic E-state index is 11.6. The molecule has 2 nitrogen and oxygen atoms in total. The van der Waals surface area contributed by atoms with Gasteiger partial charge in [0, 0.05) is 13.1 Å². The average Bonchev–Trinajstić information content (AvgIpc) is 2.79. The third-order valence-corrected chi connectivity index (χ3v) is 1.91. The van der Waals surface area contributed by atoms with Crippen molar-refractivity contribution in [2.24, 2.45) is 5.92 Å². The lowest BCUT2D eigenvalue weighted by Crippen LogP contribution is -2.31. The van der Waals surface area contributed by atoms with E-state index in [4.69, 9.17) is 0 Å². The van der Waals surface area contributed by atoms with Gasteiger partial charge >= 0.3 is 0 Å². The summed E-state index contributed by atoms with van der Waals surface area (Å²) < 4.78 is 23.2. The fraction of sp³-hybridized carbons (Fsp3) is 1.00. The molecule has 1 aliphatic rings. The van der Waals surface area contributed by atoms with Crippen molar-refractivity contribution >= 4 is 0 Å². The van der Waals surface area contributed by atoms with E-state index in [1.165, 1.54) is 12.8 Å². The van der Waals surface area contributed by atoms with E-state index in [1.54, 1.807) is 0 Å². The summed E-state index contributed by atoms with van der Waals surface area (Å²) in [4.78, 5) is 0. The number of nitrogens with one attached hydrogen (secondary N) is 2. The minimum Gasteiger partial charge on any atom is -0.315 e. The Morgan fingerprint density at radius 2 is 1.83 bits per heavy atom. The summed E-state index contributed by atoms with van der Waals surface area (Å²) in [7, 11) is 0. The van der Waals surface area contributed by atoms with Crippen molar-refractivity contribution < 1.29 is 8.78 Å². The van der Waals surface area contributed by atoms with Crippen LogP contribution in [0.5, 0.6) is 0 Å². The van der Waals surface area contributed by atoms with Gasteiger partial charge in [0.1, 0.15) is 0 Å². The van der Waals surface area contributed by atoms with Crippen LogP contribution in [-0.4, -0.2) is 32.6 Å². The minimum absolute atomic E-state index is 0.189. The van der Waals surface area contributed by atoms with Crippen molar-refractivity contribution in [2.45, 2.75) is 19.3 Å². The Kier molecular flexibility index (Phi) is 4.46. The smallest absolute Gasteiger partial charge is 0.250 e. The van der Waals surface area contributed by atoms with Gasteiger partial charge in [-0.1, -0.05) is 0 Å². The molecule has 0 aromatic heterocycles. The molecule has 0 amide bonds. The van der Waals surface area contributed by atoms with Crippen LogP contribution in [0.1, 0.15) is 12.8 Å². The monoisotopic (exact) mass is 178 g/mol. The van der Waals surface area contributed by atoms with Crippen LogP contribution in [0.15, 0.2) is 0 Å². The summed E-state index contributed by atoms with van der Waals surface area (Å²) in [6.07, 6.45) is 0.433. The normalized spacial score (nSPS) is 17.2. The average molecular weight is 178 g/mol. The minimum atomic E-state index is -2.23. The molecule has 0 radical (unpaired) electrons. The third-order valence-electron chi connectivity index (χ3n) is 1.91. The lowest BCUT2D eigenvalue weighted by atomic mass is 10.4. The van der Waals surface area contributed by atoms with Crippen LogP contribution in [0.2, 0.25) is 0 Å². The van der Waals surface area contributed by atoms with Gasteiger partial charge in [0.05, 0.1) is 6.54 Å². The van der Waals surface area contributed by atoms with Crippen molar-refractivity contribution in [2.75, 3.05) is 26.2 Å². The lowest BCUT2D eigenvalue weighted by molar-refractivity contribution is 0.146. The van der Waals surface area contributed by atoms with E-state index in [9.17, 15) is 8.78 Å². The van der Waals surface area contributed by atoms with Gasteiger partial charge in [0.2, 0.25) is 0 Å². The molecular weight excluding hydrogens is 162 g/mol. The summed E-state index contributed by atoms with van der Waals surface area (Å²) in [5.41, 5.74) is 0. The summed E-state index contributed by atoms with van der Waals surface area (Å²) in [5, 5.41) is 5.88. The van der Waals surface area contributed by atoms with Gasteiger partial charge in [-0.25, -0.2) is 8.78 Å². The first-order valence-electron chi connectivity index (χ1n) is 4.48. The highest BCUT2D eigenvalue weighted by Crippen LogP contribution is 2.27. The molecule has 0 spiro atoms. The quantitative estimate of drug-likeness (QED) is 0.564. The molecule has 72 valence electrons. The number of hydrogen-bond acceptors (Lipinski definition) is 2. The summed E-state index contributed by atoms with van der Waals surface area (Å²) >= 11 is 0. The highest BCUT2D eigenvalue weighted by molar-refractivity contribution is 4.75. The summed E-state index contributed by atoms with van der Waals surface area (Å²) in [6, 6.07) is 0. The van der Waals surface area contributed by atoms with E-state index < -0.39 is 6.43 Å². The Morgan fingerprint density at radius 1 is 1.17 bits per heavy atom. The molecule has 0 aromatic rings. The number of hydrogen-bond donors (Lipinski definition) is 2. The maximum absolute atomic E-state index is 11.6. The van der Waals surface area contributed by atoms with Gasteiger partial charge in [0.15, 0.2) is 0 Å². The number of alkyl halides is 2. The number of rotatable bonds is 7. The fourth-order valence-electron chi connectivity index (χ4n) is 1.02. The molecule has 0 unspecified atom stereocenters. The highest BCUT2D eigenvalue weighted by atomic mass is 19.3. The van der Waals surface area contributed by atoms with Gasteiger partial charge in [0.25, 0.3) is 6.43 Å². The zero-order chi connectivity index (χ0) is 8.81. The first-order valence-corrected chi connectivity index (χ1v) is 4.48. The van der Waals surface area contributed by atoms with Crippen LogP contribution in [0.3, 0.4) is 0 Å². The van der Waals surface area contributed by atoms with Crippen molar-refractivity contribution in [3.05, 3.63) is 0 Å².